The summed E-state index contributed by atoms with van der Waals surface area (Å²) in [6.45, 7) is 0. The monoisotopic (exact) mass is 177 g/mol. The molecule has 0 fully saturated rings. The molecule has 1 heterocycles. The third-order valence-electron chi connectivity index (χ3n) is 1.26. The highest BCUT2D eigenvalue weighted by molar-refractivity contribution is 7.80. The Balaban J connectivity index is 3.54. The van der Waals surface area contributed by atoms with Gasteiger partial charge in [-0.2, -0.15) is 10.5 Å². The molecule has 0 bridgehead atoms. The van der Waals surface area contributed by atoms with E-state index >= 15 is 0 Å². The van der Waals surface area contributed by atoms with Crippen molar-refractivity contribution in [2.24, 2.45) is 0 Å². The molecule has 0 spiro atoms. The van der Waals surface area contributed by atoms with Crippen molar-refractivity contribution in [3.8, 4) is 12.1 Å². The minimum absolute atomic E-state index is 0.0793. The van der Waals surface area contributed by atoms with Gasteiger partial charge in [0.25, 0.3) is 5.56 Å². The first kappa shape index (κ1) is 8.38. The van der Waals surface area contributed by atoms with Crippen LogP contribution in [0.1, 0.15) is 11.1 Å². The Labute approximate surface area is 73.5 Å². The maximum atomic E-state index is 10.9. The summed E-state index contributed by atoms with van der Waals surface area (Å²) in [6.07, 6.45) is 0. The van der Waals surface area contributed by atoms with Gasteiger partial charge in [0.05, 0.1) is 10.6 Å². The summed E-state index contributed by atoms with van der Waals surface area (Å²) in [6, 6.07) is 4.68. The molecular weight excluding hydrogens is 174 g/mol. The highest BCUT2D eigenvalue weighted by Crippen LogP contribution is 2.07. The Morgan fingerprint density at radius 1 is 1.33 bits per heavy atom. The van der Waals surface area contributed by atoms with Crippen LogP contribution in [0.4, 0.5) is 0 Å². The average Bonchev–Trinajstić information content (AvgIpc) is 2.05. The highest BCUT2D eigenvalue weighted by atomic mass is 32.1. The van der Waals surface area contributed by atoms with Gasteiger partial charge in [0, 0.05) is 0 Å². The van der Waals surface area contributed by atoms with E-state index in [1.807, 2.05) is 0 Å². The number of hydrogen-bond acceptors (Lipinski definition) is 4. The molecule has 1 N–H and O–H groups in total. The highest BCUT2D eigenvalue weighted by Gasteiger charge is 2.03. The standard InChI is InChI=1S/C7H3N3OS/c8-2-4-1-5(3-9)7(12)10-6(4)11/h1H,(H2,10,11,12). The molecule has 0 atom stereocenters. The second-order valence-corrected chi connectivity index (χ2v) is 2.45. The van der Waals surface area contributed by atoms with Gasteiger partial charge in [-0.15, -0.1) is 12.6 Å². The second-order valence-electron chi connectivity index (χ2n) is 2.00. The molecule has 4 nitrogen and oxygen atoms in total. The van der Waals surface area contributed by atoms with Crippen LogP contribution in [0.15, 0.2) is 15.9 Å². The quantitative estimate of drug-likeness (QED) is 0.563. The Hall–Kier alpha value is -1.72. The Morgan fingerprint density at radius 3 is 2.42 bits per heavy atom. The molecule has 0 aliphatic heterocycles. The zero-order chi connectivity index (χ0) is 9.14. The van der Waals surface area contributed by atoms with Crippen LogP contribution in [0.3, 0.4) is 0 Å². The van der Waals surface area contributed by atoms with E-state index in [1.165, 1.54) is 6.07 Å². The molecule has 58 valence electrons. The van der Waals surface area contributed by atoms with Crippen LogP contribution >= 0.6 is 12.6 Å². The summed E-state index contributed by atoms with van der Waals surface area (Å²) < 4.78 is 0. The zero-order valence-corrected chi connectivity index (χ0v) is 6.72. The summed E-state index contributed by atoms with van der Waals surface area (Å²) in [5.41, 5.74) is -0.416. The van der Waals surface area contributed by atoms with Crippen LogP contribution in [0.5, 0.6) is 0 Å². The van der Waals surface area contributed by atoms with Crippen LogP contribution in [-0.4, -0.2) is 4.98 Å². The average molecular weight is 177 g/mol. The lowest BCUT2D eigenvalue weighted by molar-refractivity contribution is 1.06. The van der Waals surface area contributed by atoms with Gasteiger partial charge in [0.1, 0.15) is 17.7 Å². The number of nitrogens with zero attached hydrogens (tertiary/aromatic N) is 2. The lowest BCUT2D eigenvalue weighted by Crippen LogP contribution is -2.10. The van der Waals surface area contributed by atoms with Crippen molar-refractivity contribution in [3.63, 3.8) is 0 Å². The molecule has 12 heavy (non-hydrogen) atoms. The molecular formula is C7H3N3OS. The third kappa shape index (κ3) is 1.31. The lowest BCUT2D eigenvalue weighted by atomic mass is 10.2. The van der Waals surface area contributed by atoms with Crippen molar-refractivity contribution >= 4 is 12.6 Å². The molecule has 1 aromatic rings. The summed E-state index contributed by atoms with van der Waals surface area (Å²) in [7, 11) is 0. The smallest absolute Gasteiger partial charge is 0.266 e. The normalized spacial score (nSPS) is 8.58. The molecule has 0 aliphatic rings. The van der Waals surface area contributed by atoms with E-state index in [1.54, 1.807) is 12.1 Å². The molecule has 1 rings (SSSR count). The minimum Gasteiger partial charge on any atom is -0.315 e. The van der Waals surface area contributed by atoms with Gasteiger partial charge in [0.2, 0.25) is 0 Å². The fraction of sp³-hybridized carbons (Fsp3) is 0. The number of nitriles is 2. The largest absolute Gasteiger partial charge is 0.315 e. The molecule has 5 heteroatoms. The zero-order valence-electron chi connectivity index (χ0n) is 5.83. The van der Waals surface area contributed by atoms with Gasteiger partial charge in [-0.25, -0.2) is 0 Å². The molecule has 0 amide bonds. The number of rotatable bonds is 0. The fourth-order valence-electron chi connectivity index (χ4n) is 0.689. The van der Waals surface area contributed by atoms with E-state index in [-0.39, 0.29) is 16.2 Å². The van der Waals surface area contributed by atoms with Gasteiger partial charge in [-0.05, 0) is 6.07 Å². The summed E-state index contributed by atoms with van der Waals surface area (Å²) in [5, 5.41) is 17.1. The van der Waals surface area contributed by atoms with Crippen molar-refractivity contribution in [1.82, 2.24) is 4.98 Å². The van der Waals surface area contributed by atoms with E-state index in [9.17, 15) is 4.79 Å². The first-order chi connectivity index (χ1) is 5.69. The van der Waals surface area contributed by atoms with Crippen LogP contribution < -0.4 is 5.56 Å². The van der Waals surface area contributed by atoms with Crippen molar-refractivity contribution in [1.29, 1.82) is 10.5 Å². The van der Waals surface area contributed by atoms with Crippen LogP contribution in [0, 0.1) is 22.7 Å². The number of aromatic amines is 1. The summed E-state index contributed by atoms with van der Waals surface area (Å²) in [5.74, 6) is 0. The number of hydrogen-bond donors (Lipinski definition) is 2. The molecule has 0 aromatic carbocycles. The predicted octanol–water partition coefficient (Wildman–Crippen LogP) is 0.407. The van der Waals surface area contributed by atoms with E-state index in [0.717, 1.165) is 0 Å². The van der Waals surface area contributed by atoms with Gasteiger partial charge >= 0.3 is 0 Å². The topological polar surface area (TPSA) is 80.4 Å². The number of thiol groups is 1. The first-order valence-electron chi connectivity index (χ1n) is 2.95. The predicted molar refractivity (Wildman–Crippen MR) is 43.7 cm³/mol. The van der Waals surface area contributed by atoms with Crippen molar-refractivity contribution in [3.05, 3.63) is 27.5 Å². The van der Waals surface area contributed by atoms with Crippen LogP contribution in [0.25, 0.3) is 0 Å². The van der Waals surface area contributed by atoms with Gasteiger partial charge in [-0.1, -0.05) is 0 Å². The molecule has 0 unspecified atom stereocenters. The second kappa shape index (κ2) is 3.12. The van der Waals surface area contributed by atoms with Crippen molar-refractivity contribution in [2.45, 2.75) is 5.03 Å². The maximum Gasteiger partial charge on any atom is 0.266 e. The van der Waals surface area contributed by atoms with E-state index in [4.69, 9.17) is 10.5 Å². The molecule has 0 saturated carbocycles. The van der Waals surface area contributed by atoms with Crippen molar-refractivity contribution in [2.75, 3.05) is 0 Å². The Kier molecular flexibility index (Phi) is 2.18. The van der Waals surface area contributed by atoms with E-state index in [0.29, 0.717) is 0 Å². The van der Waals surface area contributed by atoms with Gasteiger partial charge in [-0.3, -0.25) is 4.79 Å². The maximum absolute atomic E-state index is 10.9. The van der Waals surface area contributed by atoms with E-state index in [2.05, 4.69) is 17.6 Å². The molecule has 0 radical (unpaired) electrons. The van der Waals surface area contributed by atoms with Gasteiger partial charge in [0.15, 0.2) is 0 Å². The molecule has 0 saturated heterocycles. The fourth-order valence-corrected chi connectivity index (χ4v) is 0.905. The number of nitrogens with one attached hydrogen (secondary N) is 1. The third-order valence-corrected chi connectivity index (χ3v) is 1.61. The SMILES string of the molecule is N#Cc1cc(C#N)c(=O)[nH]c1S. The van der Waals surface area contributed by atoms with Crippen LogP contribution in [-0.2, 0) is 0 Å². The first-order valence-corrected chi connectivity index (χ1v) is 3.40. The van der Waals surface area contributed by atoms with Crippen LogP contribution in [0.2, 0.25) is 0 Å². The molecule has 0 aliphatic carbocycles. The number of H-pyrrole nitrogens is 1. The molecule has 1 aromatic heterocycles. The number of pyridine rings is 1. The number of aromatic nitrogens is 1. The summed E-state index contributed by atoms with van der Waals surface area (Å²) in [4.78, 5) is 13.2. The van der Waals surface area contributed by atoms with Gasteiger partial charge < -0.3 is 4.98 Å². The minimum atomic E-state index is -0.526. The lowest BCUT2D eigenvalue weighted by Gasteiger charge is -1.94. The summed E-state index contributed by atoms with van der Waals surface area (Å²) >= 11 is 3.85. The Bertz CT molecular complexity index is 449. The van der Waals surface area contributed by atoms with E-state index < -0.39 is 5.56 Å². The Morgan fingerprint density at radius 2 is 1.92 bits per heavy atom. The van der Waals surface area contributed by atoms with Crippen molar-refractivity contribution < 1.29 is 0 Å².